The van der Waals surface area contributed by atoms with Crippen molar-refractivity contribution in [1.82, 2.24) is 0 Å². The Balaban J connectivity index is 1.83. The minimum Gasteiger partial charge on any atom is -0.488 e. The number of nitrogens with one attached hydrogen (secondary N) is 1. The lowest BCUT2D eigenvalue weighted by atomic mass is 10.2. The largest absolute Gasteiger partial charge is 0.488 e. The zero-order valence-corrected chi connectivity index (χ0v) is 12.7. The van der Waals surface area contributed by atoms with Crippen LogP contribution in [0.25, 0.3) is 0 Å². The lowest BCUT2D eigenvalue weighted by Crippen LogP contribution is -2.15. The predicted octanol–water partition coefficient (Wildman–Crippen LogP) is 3.59. The molecule has 0 saturated heterocycles. The van der Waals surface area contributed by atoms with Crippen LogP contribution in [0.15, 0.2) is 24.3 Å². The summed E-state index contributed by atoms with van der Waals surface area (Å²) in [6, 6.07) is 7.46. The molecule has 2 rings (SSSR count). The van der Waals surface area contributed by atoms with Crippen molar-refractivity contribution in [2.75, 3.05) is 5.32 Å². The fourth-order valence-corrected chi connectivity index (χ4v) is 2.63. The molecule has 0 spiro atoms. The van der Waals surface area contributed by atoms with Gasteiger partial charge in [0.15, 0.2) is 0 Å². The fraction of sp³-hybridized carbons (Fsp3) is 0.529. The molecule has 0 aromatic heterocycles. The number of ether oxygens (including phenoxy) is 1. The van der Waals surface area contributed by atoms with Crippen LogP contribution in [-0.2, 0) is 9.59 Å². The maximum Gasteiger partial charge on any atom is 0.303 e. The van der Waals surface area contributed by atoms with Crippen LogP contribution in [0, 0.1) is 0 Å². The lowest BCUT2D eigenvalue weighted by Gasteiger charge is -2.16. The number of amides is 1. The Hall–Kier alpha value is -2.04. The van der Waals surface area contributed by atoms with Gasteiger partial charge in [0.05, 0.1) is 11.8 Å². The van der Waals surface area contributed by atoms with Gasteiger partial charge < -0.3 is 15.2 Å². The summed E-state index contributed by atoms with van der Waals surface area (Å²) in [6.07, 6.45) is 6.29. The molecule has 0 bridgehead atoms. The second-order valence-electron chi connectivity index (χ2n) is 5.67. The third-order valence-electron chi connectivity index (χ3n) is 3.80. The van der Waals surface area contributed by atoms with E-state index >= 15 is 0 Å². The second kappa shape index (κ2) is 8.41. The summed E-state index contributed by atoms with van der Waals surface area (Å²) < 4.78 is 5.97. The summed E-state index contributed by atoms with van der Waals surface area (Å²) in [5.41, 5.74) is 0.692. The highest BCUT2D eigenvalue weighted by Gasteiger charge is 2.18. The monoisotopic (exact) mass is 305 g/mol. The molecule has 1 aliphatic rings. The maximum atomic E-state index is 11.9. The van der Waals surface area contributed by atoms with Crippen LogP contribution in [0.5, 0.6) is 5.75 Å². The van der Waals surface area contributed by atoms with E-state index in [0.29, 0.717) is 30.7 Å². The third kappa shape index (κ3) is 5.39. The molecular weight excluding hydrogens is 282 g/mol. The van der Waals surface area contributed by atoms with Crippen LogP contribution in [0.4, 0.5) is 5.69 Å². The number of carboxylic acids is 1. The predicted molar refractivity (Wildman–Crippen MR) is 84.1 cm³/mol. The number of carboxylic acid groups (broad SMARTS) is 1. The molecule has 0 aliphatic heterocycles. The Kier molecular flexibility index (Phi) is 6.25. The first kappa shape index (κ1) is 16.3. The molecule has 5 heteroatoms. The molecule has 0 unspecified atom stereocenters. The number of anilines is 1. The fourth-order valence-electron chi connectivity index (χ4n) is 2.63. The molecule has 1 fully saturated rings. The summed E-state index contributed by atoms with van der Waals surface area (Å²) in [6.45, 7) is 0. The van der Waals surface area contributed by atoms with Crippen molar-refractivity contribution in [1.29, 1.82) is 0 Å². The Morgan fingerprint density at radius 1 is 1.14 bits per heavy atom. The topological polar surface area (TPSA) is 75.6 Å². The van der Waals surface area contributed by atoms with Crippen LogP contribution in [0.2, 0.25) is 0 Å². The van der Waals surface area contributed by atoms with Gasteiger partial charge in [0.1, 0.15) is 5.75 Å². The molecule has 2 N–H and O–H groups in total. The molecule has 0 radical (unpaired) electrons. The maximum absolute atomic E-state index is 11.9. The number of hydrogen-bond acceptors (Lipinski definition) is 3. The Morgan fingerprint density at radius 2 is 1.82 bits per heavy atom. The average molecular weight is 305 g/mol. The van der Waals surface area contributed by atoms with Gasteiger partial charge in [0.2, 0.25) is 5.91 Å². The van der Waals surface area contributed by atoms with Gasteiger partial charge in [0.25, 0.3) is 0 Å². The molecule has 1 aliphatic carbocycles. The first-order valence-corrected chi connectivity index (χ1v) is 7.92. The van der Waals surface area contributed by atoms with E-state index in [2.05, 4.69) is 5.32 Å². The van der Waals surface area contributed by atoms with E-state index in [1.807, 2.05) is 24.3 Å². The van der Waals surface area contributed by atoms with Gasteiger partial charge in [-0.1, -0.05) is 12.1 Å². The quantitative estimate of drug-likeness (QED) is 0.720. The van der Waals surface area contributed by atoms with E-state index in [-0.39, 0.29) is 18.4 Å². The zero-order chi connectivity index (χ0) is 15.8. The first-order valence-electron chi connectivity index (χ1n) is 7.92. The SMILES string of the molecule is O=C(O)CCCCC(=O)Nc1ccccc1OC1CCCC1. The molecule has 1 saturated carbocycles. The molecule has 0 heterocycles. The first-order chi connectivity index (χ1) is 10.6. The average Bonchev–Trinajstić information content (AvgIpc) is 2.98. The Morgan fingerprint density at radius 3 is 2.55 bits per heavy atom. The van der Waals surface area contributed by atoms with Gasteiger partial charge >= 0.3 is 5.97 Å². The molecule has 1 amide bonds. The molecule has 1 aromatic carbocycles. The van der Waals surface area contributed by atoms with Gasteiger partial charge in [-0.05, 0) is 50.7 Å². The zero-order valence-electron chi connectivity index (χ0n) is 12.7. The number of rotatable bonds is 8. The van der Waals surface area contributed by atoms with Crippen LogP contribution in [0.3, 0.4) is 0 Å². The van der Waals surface area contributed by atoms with Gasteiger partial charge in [-0.3, -0.25) is 9.59 Å². The number of carbonyl (C=O) groups is 2. The van der Waals surface area contributed by atoms with E-state index in [1.54, 1.807) is 0 Å². The van der Waals surface area contributed by atoms with Gasteiger partial charge in [-0.2, -0.15) is 0 Å². The van der Waals surface area contributed by atoms with Crippen molar-refractivity contribution in [3.05, 3.63) is 24.3 Å². The smallest absolute Gasteiger partial charge is 0.303 e. The van der Waals surface area contributed by atoms with E-state index in [9.17, 15) is 9.59 Å². The standard InChI is InChI=1S/C17H23NO4/c19-16(11-5-6-12-17(20)21)18-14-9-3-4-10-15(14)22-13-7-1-2-8-13/h3-4,9-10,13H,1-2,5-8,11-12H2,(H,18,19)(H,20,21). The highest BCUT2D eigenvalue weighted by atomic mass is 16.5. The van der Waals surface area contributed by atoms with Crippen LogP contribution in [0.1, 0.15) is 51.4 Å². The Labute approximate surface area is 130 Å². The van der Waals surface area contributed by atoms with Gasteiger partial charge in [-0.15, -0.1) is 0 Å². The summed E-state index contributed by atoms with van der Waals surface area (Å²) >= 11 is 0. The van der Waals surface area contributed by atoms with Crippen LogP contribution >= 0.6 is 0 Å². The molecular formula is C17H23NO4. The highest BCUT2D eigenvalue weighted by Crippen LogP contribution is 2.29. The van der Waals surface area contributed by atoms with Gasteiger partial charge in [-0.25, -0.2) is 0 Å². The third-order valence-corrected chi connectivity index (χ3v) is 3.80. The van der Waals surface area contributed by atoms with Crippen molar-refractivity contribution in [2.45, 2.75) is 57.5 Å². The van der Waals surface area contributed by atoms with E-state index in [1.165, 1.54) is 12.8 Å². The normalized spacial score (nSPS) is 14.7. The van der Waals surface area contributed by atoms with Crippen molar-refractivity contribution in [3.63, 3.8) is 0 Å². The van der Waals surface area contributed by atoms with E-state index < -0.39 is 5.97 Å². The van der Waals surface area contributed by atoms with Crippen LogP contribution in [-0.4, -0.2) is 23.1 Å². The van der Waals surface area contributed by atoms with Gasteiger partial charge in [0, 0.05) is 12.8 Å². The molecule has 22 heavy (non-hydrogen) atoms. The number of para-hydroxylation sites is 2. The number of aliphatic carboxylic acids is 1. The van der Waals surface area contributed by atoms with Crippen molar-refractivity contribution < 1.29 is 19.4 Å². The minimum atomic E-state index is -0.823. The summed E-state index contributed by atoms with van der Waals surface area (Å²) in [5, 5.41) is 11.4. The van der Waals surface area contributed by atoms with Crippen molar-refractivity contribution >= 4 is 17.6 Å². The summed E-state index contributed by atoms with van der Waals surface area (Å²) in [5.74, 6) is -0.211. The lowest BCUT2D eigenvalue weighted by molar-refractivity contribution is -0.137. The van der Waals surface area contributed by atoms with E-state index in [4.69, 9.17) is 9.84 Å². The molecule has 0 atom stereocenters. The number of benzene rings is 1. The molecule has 120 valence electrons. The number of carbonyl (C=O) groups excluding carboxylic acids is 1. The molecule has 5 nitrogen and oxygen atoms in total. The second-order valence-corrected chi connectivity index (χ2v) is 5.67. The molecule has 1 aromatic rings. The van der Waals surface area contributed by atoms with E-state index in [0.717, 1.165) is 12.8 Å². The number of hydrogen-bond donors (Lipinski definition) is 2. The van der Waals surface area contributed by atoms with Crippen LogP contribution < -0.4 is 10.1 Å². The Bertz CT molecular complexity index is 509. The summed E-state index contributed by atoms with van der Waals surface area (Å²) in [4.78, 5) is 22.4. The summed E-state index contributed by atoms with van der Waals surface area (Å²) in [7, 11) is 0. The van der Waals surface area contributed by atoms with Crippen molar-refractivity contribution in [2.24, 2.45) is 0 Å². The highest BCUT2D eigenvalue weighted by molar-refractivity contribution is 5.92. The minimum absolute atomic E-state index is 0.104. The van der Waals surface area contributed by atoms with Crippen molar-refractivity contribution in [3.8, 4) is 5.75 Å². The number of unbranched alkanes of at least 4 members (excludes halogenated alkanes) is 1.